The van der Waals surface area contributed by atoms with Gasteiger partial charge in [0.2, 0.25) is 0 Å². The first-order valence-corrected chi connectivity index (χ1v) is 10.0. The number of carbonyl (C=O) groups is 1. The minimum Gasteiger partial charge on any atom is -0.495 e. The van der Waals surface area contributed by atoms with Crippen molar-refractivity contribution < 1.29 is 14.3 Å². The fourth-order valence-corrected chi connectivity index (χ4v) is 4.05. The molecule has 4 rings (SSSR count). The van der Waals surface area contributed by atoms with Crippen molar-refractivity contribution in [3.63, 3.8) is 0 Å². The van der Waals surface area contributed by atoms with Gasteiger partial charge in [-0.2, -0.15) is 0 Å². The lowest BCUT2D eigenvalue weighted by molar-refractivity contribution is 0.102. The van der Waals surface area contributed by atoms with Crippen LogP contribution in [0, 0.1) is 0 Å². The molecule has 0 bridgehead atoms. The van der Waals surface area contributed by atoms with Crippen LogP contribution >= 0.6 is 27.3 Å². The first-order chi connectivity index (χ1) is 13.6. The van der Waals surface area contributed by atoms with Gasteiger partial charge in [-0.05, 0) is 40.2 Å². The first-order valence-electron chi connectivity index (χ1n) is 8.34. The van der Waals surface area contributed by atoms with E-state index in [1.807, 2.05) is 46.4 Å². The van der Waals surface area contributed by atoms with Crippen LogP contribution in [0.2, 0.25) is 0 Å². The summed E-state index contributed by atoms with van der Waals surface area (Å²) in [6, 6.07) is 10.9. The summed E-state index contributed by atoms with van der Waals surface area (Å²) in [5.41, 5.74) is 3.01. The number of thiazole rings is 1. The number of methoxy groups -OCH3 is 2. The molecule has 8 heteroatoms. The van der Waals surface area contributed by atoms with Crippen molar-refractivity contribution in [2.75, 3.05) is 19.5 Å². The summed E-state index contributed by atoms with van der Waals surface area (Å²) < 4.78 is 13.2. The highest BCUT2D eigenvalue weighted by Gasteiger charge is 2.15. The van der Waals surface area contributed by atoms with Crippen molar-refractivity contribution in [3.8, 4) is 22.8 Å². The fourth-order valence-electron chi connectivity index (χ4n) is 2.79. The Bertz CT molecular complexity index is 1100. The second-order valence-corrected chi connectivity index (χ2v) is 7.61. The van der Waals surface area contributed by atoms with Crippen LogP contribution in [-0.4, -0.2) is 29.5 Å². The van der Waals surface area contributed by atoms with Crippen molar-refractivity contribution in [3.05, 3.63) is 64.2 Å². The highest BCUT2D eigenvalue weighted by molar-refractivity contribution is 9.10. The summed E-state index contributed by atoms with van der Waals surface area (Å²) >= 11 is 4.99. The van der Waals surface area contributed by atoms with E-state index >= 15 is 0 Å². The minimum absolute atomic E-state index is 0.251. The molecule has 0 saturated heterocycles. The van der Waals surface area contributed by atoms with E-state index in [0.29, 0.717) is 27.2 Å². The van der Waals surface area contributed by atoms with Gasteiger partial charge in [0.25, 0.3) is 5.91 Å². The average molecular weight is 458 g/mol. The number of amides is 1. The third-order valence-corrected chi connectivity index (χ3v) is 5.79. The topological polar surface area (TPSA) is 64.9 Å². The zero-order valence-electron chi connectivity index (χ0n) is 15.1. The van der Waals surface area contributed by atoms with E-state index in [4.69, 9.17) is 9.47 Å². The quantitative estimate of drug-likeness (QED) is 0.452. The van der Waals surface area contributed by atoms with Crippen LogP contribution in [0.25, 0.3) is 16.2 Å². The molecule has 2 heterocycles. The summed E-state index contributed by atoms with van der Waals surface area (Å²) in [6.45, 7) is 0. The molecule has 1 amide bonds. The van der Waals surface area contributed by atoms with Gasteiger partial charge in [-0.15, -0.1) is 11.3 Å². The smallest absolute Gasteiger partial charge is 0.255 e. The predicted molar refractivity (Wildman–Crippen MR) is 114 cm³/mol. The Balaban J connectivity index is 1.54. The number of imidazole rings is 1. The molecule has 0 radical (unpaired) electrons. The van der Waals surface area contributed by atoms with Crippen LogP contribution in [0.1, 0.15) is 10.4 Å². The normalized spacial score (nSPS) is 10.8. The van der Waals surface area contributed by atoms with Crippen LogP contribution < -0.4 is 14.8 Å². The number of hydrogen-bond donors (Lipinski definition) is 1. The van der Waals surface area contributed by atoms with Crippen molar-refractivity contribution in [2.24, 2.45) is 0 Å². The van der Waals surface area contributed by atoms with E-state index in [-0.39, 0.29) is 5.91 Å². The van der Waals surface area contributed by atoms with Gasteiger partial charge in [0.1, 0.15) is 16.0 Å². The molecule has 1 N–H and O–H groups in total. The lowest BCUT2D eigenvalue weighted by Gasteiger charge is -2.12. The molecule has 0 saturated carbocycles. The van der Waals surface area contributed by atoms with Gasteiger partial charge >= 0.3 is 0 Å². The molecule has 0 unspecified atom stereocenters. The van der Waals surface area contributed by atoms with E-state index in [9.17, 15) is 4.79 Å². The van der Waals surface area contributed by atoms with Crippen molar-refractivity contribution >= 4 is 43.8 Å². The molecule has 0 aliphatic carbocycles. The lowest BCUT2D eigenvalue weighted by Crippen LogP contribution is -2.12. The molecule has 2 aromatic heterocycles. The molecular formula is C20H16BrN3O3S. The standard InChI is InChI=1S/C20H16BrN3O3S/c1-26-16-9-13(10-17(27-2)18(16)21)19(25)22-14-5-3-12(4-6-14)15-11-24-7-8-28-20(24)23-15/h3-11H,1-2H3,(H,22,25). The Morgan fingerprint density at radius 3 is 2.43 bits per heavy atom. The number of ether oxygens (including phenoxy) is 2. The summed E-state index contributed by atoms with van der Waals surface area (Å²) in [6.07, 6.45) is 3.96. The van der Waals surface area contributed by atoms with Gasteiger partial charge in [0.05, 0.1) is 19.9 Å². The summed E-state index contributed by atoms with van der Waals surface area (Å²) in [5.74, 6) is 0.804. The number of nitrogens with zero attached hydrogens (tertiary/aromatic N) is 2. The SMILES string of the molecule is COc1cc(C(=O)Nc2ccc(-c3cn4ccsc4n3)cc2)cc(OC)c1Br. The Labute approximate surface area is 173 Å². The number of hydrogen-bond acceptors (Lipinski definition) is 5. The molecule has 0 fully saturated rings. The maximum Gasteiger partial charge on any atom is 0.255 e. The summed E-state index contributed by atoms with van der Waals surface area (Å²) in [7, 11) is 3.08. The maximum absolute atomic E-state index is 12.6. The third kappa shape index (κ3) is 3.48. The van der Waals surface area contributed by atoms with Crippen LogP contribution in [-0.2, 0) is 0 Å². The van der Waals surface area contributed by atoms with Crippen molar-refractivity contribution in [1.29, 1.82) is 0 Å². The predicted octanol–water partition coefficient (Wildman–Crippen LogP) is 5.09. The number of carbonyl (C=O) groups excluding carboxylic acids is 1. The van der Waals surface area contributed by atoms with Crippen LogP contribution in [0.3, 0.4) is 0 Å². The van der Waals surface area contributed by atoms with Gasteiger partial charge in [0, 0.05) is 34.6 Å². The van der Waals surface area contributed by atoms with Crippen molar-refractivity contribution in [1.82, 2.24) is 9.38 Å². The molecule has 0 spiro atoms. The number of halogens is 1. The fraction of sp³-hybridized carbons (Fsp3) is 0.100. The highest BCUT2D eigenvalue weighted by atomic mass is 79.9. The second kappa shape index (κ2) is 7.65. The molecule has 0 atom stereocenters. The number of aromatic nitrogens is 2. The largest absolute Gasteiger partial charge is 0.495 e. The number of benzene rings is 2. The molecule has 142 valence electrons. The van der Waals surface area contributed by atoms with E-state index < -0.39 is 0 Å². The monoisotopic (exact) mass is 457 g/mol. The van der Waals surface area contributed by atoms with Gasteiger partial charge in [-0.3, -0.25) is 9.20 Å². The van der Waals surface area contributed by atoms with Crippen LogP contribution in [0.4, 0.5) is 5.69 Å². The van der Waals surface area contributed by atoms with Crippen LogP contribution in [0.15, 0.2) is 58.6 Å². The minimum atomic E-state index is -0.251. The van der Waals surface area contributed by atoms with Gasteiger partial charge < -0.3 is 14.8 Å². The first kappa shape index (κ1) is 18.5. The van der Waals surface area contributed by atoms with Crippen molar-refractivity contribution in [2.45, 2.75) is 0 Å². The number of fused-ring (bicyclic) bond motifs is 1. The molecule has 0 aliphatic heterocycles. The Hall–Kier alpha value is -2.84. The number of rotatable bonds is 5. The molecule has 2 aromatic carbocycles. The summed E-state index contributed by atoms with van der Waals surface area (Å²) in [4.78, 5) is 18.2. The zero-order chi connectivity index (χ0) is 19.7. The number of nitrogens with one attached hydrogen (secondary N) is 1. The van der Waals surface area contributed by atoms with E-state index in [1.54, 1.807) is 37.7 Å². The Morgan fingerprint density at radius 1 is 1.14 bits per heavy atom. The number of anilines is 1. The van der Waals surface area contributed by atoms with Gasteiger partial charge in [0.15, 0.2) is 4.96 Å². The highest BCUT2D eigenvalue weighted by Crippen LogP contribution is 2.35. The Morgan fingerprint density at radius 2 is 1.82 bits per heavy atom. The molecule has 0 aliphatic rings. The maximum atomic E-state index is 12.6. The van der Waals surface area contributed by atoms with Gasteiger partial charge in [-0.1, -0.05) is 12.1 Å². The average Bonchev–Trinajstić information content (AvgIpc) is 3.31. The zero-order valence-corrected chi connectivity index (χ0v) is 17.5. The molecule has 28 heavy (non-hydrogen) atoms. The third-order valence-electron chi connectivity index (χ3n) is 4.24. The van der Waals surface area contributed by atoms with Gasteiger partial charge in [-0.25, -0.2) is 4.98 Å². The van der Waals surface area contributed by atoms with E-state index in [2.05, 4.69) is 26.2 Å². The Kier molecular flexibility index (Phi) is 5.06. The second-order valence-electron chi connectivity index (χ2n) is 5.95. The lowest BCUT2D eigenvalue weighted by atomic mass is 10.1. The molecule has 4 aromatic rings. The summed E-state index contributed by atoms with van der Waals surface area (Å²) in [5, 5.41) is 4.89. The van der Waals surface area contributed by atoms with E-state index in [1.165, 1.54) is 0 Å². The van der Waals surface area contributed by atoms with E-state index in [0.717, 1.165) is 16.2 Å². The molecular weight excluding hydrogens is 442 g/mol. The van der Waals surface area contributed by atoms with Crippen LogP contribution in [0.5, 0.6) is 11.5 Å². The molecule has 6 nitrogen and oxygen atoms in total.